The second kappa shape index (κ2) is 7.88. The molecule has 0 radical (unpaired) electrons. The Balaban J connectivity index is 2.37. The van der Waals surface area contributed by atoms with Crippen LogP contribution in [0.4, 0.5) is 0 Å². The summed E-state index contributed by atoms with van der Waals surface area (Å²) in [6.07, 6.45) is 4.23. The highest BCUT2D eigenvalue weighted by molar-refractivity contribution is 5.78. The van der Waals surface area contributed by atoms with Gasteiger partial charge in [0.05, 0.1) is 0 Å². The van der Waals surface area contributed by atoms with Crippen molar-refractivity contribution in [2.75, 3.05) is 0 Å². The van der Waals surface area contributed by atoms with Crippen molar-refractivity contribution in [1.82, 2.24) is 5.32 Å². The number of hydrogen-bond donors (Lipinski definition) is 1. The van der Waals surface area contributed by atoms with Crippen LogP contribution in [0, 0.1) is 5.92 Å². The third-order valence-electron chi connectivity index (χ3n) is 3.08. The van der Waals surface area contributed by atoms with E-state index < -0.39 is 0 Å². The molecule has 0 heterocycles. The molecular weight excluding hydrogens is 210 g/mol. The van der Waals surface area contributed by atoms with Gasteiger partial charge in [-0.1, -0.05) is 57.0 Å². The fourth-order valence-electron chi connectivity index (χ4n) is 1.90. The molecule has 0 aliphatic carbocycles. The van der Waals surface area contributed by atoms with Crippen molar-refractivity contribution in [2.45, 2.75) is 46.1 Å². The number of amides is 1. The topological polar surface area (TPSA) is 29.1 Å². The van der Waals surface area contributed by atoms with Gasteiger partial charge in [-0.05, 0) is 18.4 Å². The van der Waals surface area contributed by atoms with E-state index in [4.69, 9.17) is 0 Å². The number of hydrogen-bond acceptors (Lipinski definition) is 1. The molecule has 0 aliphatic heterocycles. The highest BCUT2D eigenvalue weighted by Gasteiger charge is 2.14. The molecule has 0 spiro atoms. The Morgan fingerprint density at radius 2 is 1.94 bits per heavy atom. The summed E-state index contributed by atoms with van der Waals surface area (Å²) in [6, 6.07) is 10.0. The van der Waals surface area contributed by atoms with Gasteiger partial charge in [-0.2, -0.15) is 0 Å². The van der Waals surface area contributed by atoms with Crippen LogP contribution in [0.25, 0.3) is 0 Å². The van der Waals surface area contributed by atoms with E-state index in [9.17, 15) is 4.79 Å². The third kappa shape index (κ3) is 5.03. The summed E-state index contributed by atoms with van der Waals surface area (Å²) in [7, 11) is 0. The van der Waals surface area contributed by atoms with Crippen molar-refractivity contribution in [2.24, 2.45) is 5.92 Å². The molecule has 1 rings (SSSR count). The molecule has 2 heteroatoms. The zero-order valence-corrected chi connectivity index (χ0v) is 10.9. The maximum Gasteiger partial charge on any atom is 0.223 e. The second-order valence-corrected chi connectivity index (χ2v) is 4.45. The molecule has 0 aliphatic rings. The van der Waals surface area contributed by atoms with Crippen LogP contribution in [0.1, 0.15) is 45.1 Å². The SMILES string of the molecule is CCCCC(CC)C(=O)NCc1ccccc1. The number of nitrogens with one attached hydrogen (secondary N) is 1. The number of unbranched alkanes of at least 4 members (excludes halogenated alkanes) is 1. The number of rotatable bonds is 7. The van der Waals surface area contributed by atoms with Crippen LogP contribution in [-0.4, -0.2) is 5.91 Å². The van der Waals surface area contributed by atoms with E-state index in [-0.39, 0.29) is 11.8 Å². The van der Waals surface area contributed by atoms with Crippen LogP contribution < -0.4 is 5.32 Å². The monoisotopic (exact) mass is 233 g/mol. The van der Waals surface area contributed by atoms with Gasteiger partial charge >= 0.3 is 0 Å². The lowest BCUT2D eigenvalue weighted by atomic mass is 9.98. The van der Waals surface area contributed by atoms with Gasteiger partial charge in [0.25, 0.3) is 0 Å². The van der Waals surface area contributed by atoms with Gasteiger partial charge in [-0.3, -0.25) is 4.79 Å². The first-order valence-corrected chi connectivity index (χ1v) is 6.59. The molecule has 0 saturated carbocycles. The lowest BCUT2D eigenvalue weighted by molar-refractivity contribution is -0.125. The predicted molar refractivity (Wildman–Crippen MR) is 71.6 cm³/mol. The quantitative estimate of drug-likeness (QED) is 0.767. The summed E-state index contributed by atoms with van der Waals surface area (Å²) in [4.78, 5) is 11.9. The predicted octanol–water partition coefficient (Wildman–Crippen LogP) is 3.52. The van der Waals surface area contributed by atoms with Gasteiger partial charge in [0.2, 0.25) is 5.91 Å². The summed E-state index contributed by atoms with van der Waals surface area (Å²) in [6.45, 7) is 4.89. The van der Waals surface area contributed by atoms with Gasteiger partial charge in [0, 0.05) is 12.5 Å². The lowest BCUT2D eigenvalue weighted by Gasteiger charge is -2.14. The minimum absolute atomic E-state index is 0.179. The molecule has 1 aromatic carbocycles. The summed E-state index contributed by atoms with van der Waals surface area (Å²) in [5.74, 6) is 0.378. The van der Waals surface area contributed by atoms with Crippen molar-refractivity contribution < 1.29 is 4.79 Å². The van der Waals surface area contributed by atoms with Crippen molar-refractivity contribution in [3.05, 3.63) is 35.9 Å². The Morgan fingerprint density at radius 3 is 2.53 bits per heavy atom. The molecule has 0 bridgehead atoms. The smallest absolute Gasteiger partial charge is 0.223 e. The Labute approximate surface area is 104 Å². The van der Waals surface area contributed by atoms with Crippen molar-refractivity contribution in [3.63, 3.8) is 0 Å². The van der Waals surface area contributed by atoms with E-state index in [0.717, 1.165) is 31.2 Å². The normalized spacial score (nSPS) is 12.1. The van der Waals surface area contributed by atoms with E-state index in [2.05, 4.69) is 19.2 Å². The molecule has 0 fully saturated rings. The first-order valence-electron chi connectivity index (χ1n) is 6.59. The molecule has 1 atom stereocenters. The number of carbonyl (C=O) groups is 1. The third-order valence-corrected chi connectivity index (χ3v) is 3.08. The van der Waals surface area contributed by atoms with Gasteiger partial charge in [-0.15, -0.1) is 0 Å². The van der Waals surface area contributed by atoms with Gasteiger partial charge in [0.1, 0.15) is 0 Å². The van der Waals surface area contributed by atoms with E-state index in [1.54, 1.807) is 0 Å². The maximum absolute atomic E-state index is 11.9. The van der Waals surface area contributed by atoms with E-state index in [0.29, 0.717) is 6.54 Å². The van der Waals surface area contributed by atoms with Crippen LogP contribution in [0.3, 0.4) is 0 Å². The van der Waals surface area contributed by atoms with Crippen LogP contribution in [-0.2, 0) is 11.3 Å². The Morgan fingerprint density at radius 1 is 1.24 bits per heavy atom. The molecular formula is C15H23NO. The lowest BCUT2D eigenvalue weighted by Crippen LogP contribution is -2.29. The molecule has 1 amide bonds. The van der Waals surface area contributed by atoms with Gasteiger partial charge < -0.3 is 5.32 Å². The zero-order valence-electron chi connectivity index (χ0n) is 10.9. The zero-order chi connectivity index (χ0) is 12.5. The first kappa shape index (κ1) is 13.8. The number of benzene rings is 1. The second-order valence-electron chi connectivity index (χ2n) is 4.45. The molecule has 2 nitrogen and oxygen atoms in total. The Kier molecular flexibility index (Phi) is 6.38. The van der Waals surface area contributed by atoms with E-state index in [1.165, 1.54) is 0 Å². The minimum Gasteiger partial charge on any atom is -0.352 e. The summed E-state index contributed by atoms with van der Waals surface area (Å²) in [5, 5.41) is 3.02. The minimum atomic E-state index is 0.179. The molecule has 1 unspecified atom stereocenters. The summed E-state index contributed by atoms with van der Waals surface area (Å²) < 4.78 is 0. The number of carbonyl (C=O) groups excluding carboxylic acids is 1. The van der Waals surface area contributed by atoms with Crippen molar-refractivity contribution in [1.29, 1.82) is 0 Å². The summed E-state index contributed by atoms with van der Waals surface area (Å²) in [5.41, 5.74) is 1.16. The molecule has 1 N–H and O–H groups in total. The average molecular weight is 233 g/mol. The Bertz CT molecular complexity index is 321. The van der Waals surface area contributed by atoms with Crippen LogP contribution in [0.5, 0.6) is 0 Å². The first-order chi connectivity index (χ1) is 8.27. The molecule has 0 aromatic heterocycles. The highest BCUT2D eigenvalue weighted by Crippen LogP contribution is 2.12. The molecule has 94 valence electrons. The molecule has 0 saturated heterocycles. The van der Waals surface area contributed by atoms with Gasteiger partial charge in [0.15, 0.2) is 0 Å². The van der Waals surface area contributed by atoms with Crippen LogP contribution in [0.2, 0.25) is 0 Å². The van der Waals surface area contributed by atoms with Crippen LogP contribution in [0.15, 0.2) is 30.3 Å². The van der Waals surface area contributed by atoms with Crippen LogP contribution >= 0.6 is 0 Å². The Hall–Kier alpha value is -1.31. The highest BCUT2D eigenvalue weighted by atomic mass is 16.1. The fourth-order valence-corrected chi connectivity index (χ4v) is 1.90. The van der Waals surface area contributed by atoms with Crippen molar-refractivity contribution in [3.8, 4) is 0 Å². The standard InChI is InChI=1S/C15H23NO/c1-3-5-11-14(4-2)15(17)16-12-13-9-7-6-8-10-13/h6-10,14H,3-5,11-12H2,1-2H3,(H,16,17). The largest absolute Gasteiger partial charge is 0.352 e. The van der Waals surface area contributed by atoms with Crippen molar-refractivity contribution >= 4 is 5.91 Å². The summed E-state index contributed by atoms with van der Waals surface area (Å²) >= 11 is 0. The molecule has 17 heavy (non-hydrogen) atoms. The van der Waals surface area contributed by atoms with E-state index >= 15 is 0 Å². The maximum atomic E-state index is 11.9. The fraction of sp³-hybridized carbons (Fsp3) is 0.533. The average Bonchev–Trinajstić information content (AvgIpc) is 2.38. The van der Waals surface area contributed by atoms with E-state index in [1.807, 2.05) is 30.3 Å². The molecule has 1 aromatic rings. The van der Waals surface area contributed by atoms with Gasteiger partial charge in [-0.25, -0.2) is 0 Å².